The van der Waals surface area contributed by atoms with Gasteiger partial charge in [-0.15, -0.1) is 0 Å². The van der Waals surface area contributed by atoms with Crippen LogP contribution in [-0.2, 0) is 36.9 Å². The van der Waals surface area contributed by atoms with E-state index >= 15 is 0 Å². The summed E-state index contributed by atoms with van der Waals surface area (Å²) < 4.78 is 5.29. The van der Waals surface area contributed by atoms with E-state index in [1.807, 2.05) is 51.1 Å². The number of pyridine rings is 1. The van der Waals surface area contributed by atoms with Crippen LogP contribution in [0.1, 0.15) is 85.8 Å². The number of hydrogen-bond donors (Lipinski definition) is 6. The van der Waals surface area contributed by atoms with Crippen LogP contribution in [0.2, 0.25) is 0 Å². The van der Waals surface area contributed by atoms with Crippen LogP contribution in [0.5, 0.6) is 0 Å². The molecule has 0 bridgehead atoms. The molecule has 0 aliphatic heterocycles. The predicted molar refractivity (Wildman–Crippen MR) is 190 cm³/mol. The normalized spacial score (nSPS) is 15.0. The zero-order chi connectivity index (χ0) is 37.4. The smallest absolute Gasteiger partial charge is 0.408 e. The van der Waals surface area contributed by atoms with Crippen LogP contribution in [0, 0.1) is 11.8 Å². The number of rotatable bonds is 18. The summed E-state index contributed by atoms with van der Waals surface area (Å²) in [5.41, 5.74) is 0.973. The average Bonchev–Trinajstić information content (AvgIpc) is 3.05. The van der Waals surface area contributed by atoms with Crippen LogP contribution in [0.25, 0.3) is 0 Å². The van der Waals surface area contributed by atoms with Crippen LogP contribution < -0.4 is 26.6 Å². The van der Waals surface area contributed by atoms with Crippen molar-refractivity contribution in [1.29, 1.82) is 0 Å². The summed E-state index contributed by atoms with van der Waals surface area (Å²) in [6.07, 6.45) is 2.56. The molecule has 50 heavy (non-hydrogen) atoms. The van der Waals surface area contributed by atoms with Crippen molar-refractivity contribution >= 4 is 29.7 Å². The van der Waals surface area contributed by atoms with Gasteiger partial charge in [0.05, 0.1) is 12.1 Å². The largest absolute Gasteiger partial charge is 0.444 e. The van der Waals surface area contributed by atoms with Crippen molar-refractivity contribution in [3.8, 4) is 0 Å². The first-order chi connectivity index (χ1) is 23.5. The van der Waals surface area contributed by atoms with Gasteiger partial charge in [0.1, 0.15) is 23.7 Å². The van der Waals surface area contributed by atoms with Crippen molar-refractivity contribution in [2.45, 2.75) is 123 Å². The molecule has 13 heteroatoms. The van der Waals surface area contributed by atoms with E-state index in [4.69, 9.17) is 4.74 Å². The highest BCUT2D eigenvalue weighted by molar-refractivity contribution is 5.91. The molecule has 0 saturated carbocycles. The lowest BCUT2D eigenvalue weighted by atomic mass is 9.92. The highest BCUT2D eigenvalue weighted by Gasteiger charge is 2.32. The summed E-state index contributed by atoms with van der Waals surface area (Å²) >= 11 is 0. The number of aliphatic hydroxyl groups is 1. The third-order valence-electron chi connectivity index (χ3n) is 7.93. The van der Waals surface area contributed by atoms with Crippen LogP contribution in [0.4, 0.5) is 4.79 Å². The van der Waals surface area contributed by atoms with Gasteiger partial charge in [0.2, 0.25) is 23.6 Å². The molecular formula is C37H56N6O7. The highest BCUT2D eigenvalue weighted by atomic mass is 16.6. The predicted octanol–water partition coefficient (Wildman–Crippen LogP) is 3.15. The lowest BCUT2D eigenvalue weighted by molar-refractivity contribution is -0.132. The molecule has 1 heterocycles. The molecular weight excluding hydrogens is 640 g/mol. The maximum absolute atomic E-state index is 13.4. The highest BCUT2D eigenvalue weighted by Crippen LogP contribution is 2.16. The molecule has 0 aliphatic carbocycles. The first-order valence-electron chi connectivity index (χ1n) is 17.3. The zero-order valence-electron chi connectivity index (χ0n) is 30.6. The van der Waals surface area contributed by atoms with Crippen molar-refractivity contribution in [1.82, 2.24) is 31.6 Å². The molecule has 276 valence electrons. The second kappa shape index (κ2) is 20.2. The van der Waals surface area contributed by atoms with Gasteiger partial charge in [-0.1, -0.05) is 64.4 Å². The van der Waals surface area contributed by atoms with Gasteiger partial charge in [-0.2, -0.15) is 0 Å². The summed E-state index contributed by atoms with van der Waals surface area (Å²) in [6.45, 7) is 14.1. The number of amides is 5. The lowest BCUT2D eigenvalue weighted by Crippen LogP contribution is -2.56. The number of nitrogens with zero attached hydrogens (tertiary/aromatic N) is 1. The number of ether oxygens (including phenoxy) is 1. The standard InChI is InChI=1S/C37H56N6O7/c1-9-13-28(42-36(49)50-37(6,7)8)34(47)40-25(5)33(46)41-29(21-26-14-11-10-12-15-26)30(44)20-24(4)32(45)43-31(23(2)3)35(48)39-22-27-16-18-38-19-17-27/h10-12,14-19,23-25,28-31,44H,9,13,20-22H2,1-8H3,(H,39,48)(H,40,47)(H,41,46)(H,42,49)(H,43,45)/t24-,25+,28+,29+,30+,31+/m1/s1. The van der Waals surface area contributed by atoms with Gasteiger partial charge in [0.25, 0.3) is 0 Å². The quantitative estimate of drug-likeness (QED) is 0.137. The third kappa shape index (κ3) is 14.9. The Balaban J connectivity index is 2.09. The summed E-state index contributed by atoms with van der Waals surface area (Å²) in [5.74, 6) is -2.74. The molecule has 6 N–H and O–H groups in total. The number of carbonyl (C=O) groups excluding carboxylic acids is 5. The minimum atomic E-state index is -1.15. The number of aromatic nitrogens is 1. The molecule has 2 rings (SSSR count). The third-order valence-corrected chi connectivity index (χ3v) is 7.93. The maximum Gasteiger partial charge on any atom is 0.408 e. The van der Waals surface area contributed by atoms with Gasteiger partial charge in [-0.3, -0.25) is 24.2 Å². The molecule has 0 radical (unpaired) electrons. The topological polar surface area (TPSA) is 188 Å². The molecule has 2 aromatic rings. The van der Waals surface area contributed by atoms with Crippen molar-refractivity contribution < 1.29 is 33.8 Å². The van der Waals surface area contributed by atoms with Crippen molar-refractivity contribution in [3.63, 3.8) is 0 Å². The SMILES string of the molecule is CCC[C@H](NC(=O)OC(C)(C)C)C(=O)N[C@@H](C)C(=O)N[C@@H](Cc1ccccc1)[C@@H](O)C[C@@H](C)C(=O)N[C@H](C(=O)NCc1ccncc1)C(C)C. The van der Waals surface area contributed by atoms with E-state index in [1.54, 1.807) is 52.2 Å². The molecule has 0 saturated heterocycles. The van der Waals surface area contributed by atoms with Gasteiger partial charge in [-0.05, 0) is 76.1 Å². The van der Waals surface area contributed by atoms with Crippen LogP contribution in [0.3, 0.4) is 0 Å². The monoisotopic (exact) mass is 696 g/mol. The van der Waals surface area contributed by atoms with E-state index in [-0.39, 0.29) is 31.2 Å². The van der Waals surface area contributed by atoms with Crippen LogP contribution >= 0.6 is 0 Å². The van der Waals surface area contributed by atoms with Gasteiger partial charge in [0, 0.05) is 24.9 Å². The summed E-state index contributed by atoms with van der Waals surface area (Å²) in [6, 6.07) is 9.32. The minimum absolute atomic E-state index is 0.00775. The fourth-order valence-electron chi connectivity index (χ4n) is 5.11. The van der Waals surface area contributed by atoms with E-state index in [0.29, 0.717) is 12.8 Å². The number of hydrogen-bond acceptors (Lipinski definition) is 8. The molecule has 1 aromatic carbocycles. The van der Waals surface area contributed by atoms with Crippen molar-refractivity contribution in [2.75, 3.05) is 0 Å². The molecule has 0 fully saturated rings. The minimum Gasteiger partial charge on any atom is -0.444 e. The Bertz CT molecular complexity index is 1380. The Morgan fingerprint density at radius 1 is 0.800 bits per heavy atom. The molecule has 6 atom stereocenters. The van der Waals surface area contributed by atoms with Gasteiger partial charge >= 0.3 is 6.09 Å². The van der Waals surface area contributed by atoms with Crippen molar-refractivity contribution in [3.05, 3.63) is 66.0 Å². The molecule has 0 aliphatic rings. The molecule has 0 unspecified atom stereocenters. The Hall–Kier alpha value is -4.52. The second-order valence-corrected chi connectivity index (χ2v) is 14.0. The van der Waals surface area contributed by atoms with E-state index < -0.39 is 65.6 Å². The first-order valence-corrected chi connectivity index (χ1v) is 17.3. The molecule has 13 nitrogen and oxygen atoms in total. The maximum atomic E-state index is 13.4. The first kappa shape index (κ1) is 41.7. The zero-order valence-corrected chi connectivity index (χ0v) is 30.6. The summed E-state index contributed by atoms with van der Waals surface area (Å²) in [4.78, 5) is 69.1. The fraction of sp³-hybridized carbons (Fsp3) is 0.568. The Morgan fingerprint density at radius 3 is 2.02 bits per heavy atom. The number of alkyl carbamates (subject to hydrolysis) is 1. The number of benzene rings is 1. The summed E-state index contributed by atoms with van der Waals surface area (Å²) in [5, 5.41) is 25.1. The number of nitrogens with one attached hydrogen (secondary N) is 5. The molecule has 5 amide bonds. The van der Waals surface area contributed by atoms with E-state index in [9.17, 15) is 29.1 Å². The second-order valence-electron chi connectivity index (χ2n) is 14.0. The lowest BCUT2D eigenvalue weighted by Gasteiger charge is -2.29. The van der Waals surface area contributed by atoms with E-state index in [1.165, 1.54) is 6.92 Å². The van der Waals surface area contributed by atoms with Crippen LogP contribution in [0.15, 0.2) is 54.9 Å². The summed E-state index contributed by atoms with van der Waals surface area (Å²) in [7, 11) is 0. The van der Waals surface area contributed by atoms with E-state index in [2.05, 4.69) is 31.6 Å². The van der Waals surface area contributed by atoms with E-state index in [0.717, 1.165) is 11.1 Å². The Morgan fingerprint density at radius 2 is 1.44 bits per heavy atom. The van der Waals surface area contributed by atoms with Gasteiger partial charge in [-0.25, -0.2) is 4.79 Å². The Labute approximate surface area is 296 Å². The number of carbonyl (C=O) groups is 5. The van der Waals surface area contributed by atoms with Gasteiger partial charge in [0.15, 0.2) is 0 Å². The van der Waals surface area contributed by atoms with Crippen molar-refractivity contribution in [2.24, 2.45) is 11.8 Å². The molecule has 1 aromatic heterocycles. The Kier molecular flexibility index (Phi) is 16.8. The number of aliphatic hydroxyl groups excluding tert-OH is 1. The molecule has 0 spiro atoms. The average molecular weight is 697 g/mol. The van der Waals surface area contributed by atoms with Gasteiger partial charge < -0.3 is 36.4 Å². The van der Waals surface area contributed by atoms with Crippen LogP contribution in [-0.4, -0.2) is 75.7 Å². The fourth-order valence-corrected chi connectivity index (χ4v) is 5.11.